The van der Waals surface area contributed by atoms with Gasteiger partial charge in [-0.25, -0.2) is 8.78 Å². The maximum Gasteiger partial charge on any atom is 0.132 e. The van der Waals surface area contributed by atoms with E-state index in [4.69, 9.17) is 0 Å². The van der Waals surface area contributed by atoms with Crippen LogP contribution >= 0.6 is 0 Å². The Hall–Kier alpha value is -0.960. The predicted molar refractivity (Wildman–Crippen MR) is 57.9 cm³/mol. The fourth-order valence-corrected chi connectivity index (χ4v) is 2.64. The maximum absolute atomic E-state index is 13.6. The third-order valence-corrected chi connectivity index (χ3v) is 3.60. The Morgan fingerprint density at radius 3 is 2.50 bits per heavy atom. The smallest absolute Gasteiger partial charge is 0.132 e. The quantitative estimate of drug-likeness (QED) is 0.819. The summed E-state index contributed by atoms with van der Waals surface area (Å²) in [5.41, 5.74) is -1.46. The highest BCUT2D eigenvalue weighted by atomic mass is 19.1. The molecule has 16 heavy (non-hydrogen) atoms. The molecule has 3 heteroatoms. The van der Waals surface area contributed by atoms with Crippen LogP contribution in [-0.2, 0) is 5.60 Å². The number of benzene rings is 1. The van der Waals surface area contributed by atoms with E-state index >= 15 is 0 Å². The van der Waals surface area contributed by atoms with Crippen molar-refractivity contribution in [1.29, 1.82) is 0 Å². The molecule has 0 bridgehead atoms. The molecule has 1 aliphatic carbocycles. The highest BCUT2D eigenvalue weighted by Gasteiger charge is 2.41. The lowest BCUT2D eigenvalue weighted by molar-refractivity contribution is 0.0323. The van der Waals surface area contributed by atoms with Crippen molar-refractivity contribution >= 4 is 0 Å². The number of rotatable bonds is 2. The van der Waals surface area contributed by atoms with Crippen LogP contribution in [0.2, 0.25) is 0 Å². The van der Waals surface area contributed by atoms with Crippen LogP contribution < -0.4 is 0 Å². The van der Waals surface area contributed by atoms with Gasteiger partial charge in [0.1, 0.15) is 11.6 Å². The second kappa shape index (κ2) is 4.13. The zero-order valence-corrected chi connectivity index (χ0v) is 9.34. The van der Waals surface area contributed by atoms with Gasteiger partial charge in [-0.1, -0.05) is 19.4 Å². The fourth-order valence-electron chi connectivity index (χ4n) is 2.64. The third kappa shape index (κ3) is 1.84. The molecular weight excluding hydrogens is 210 g/mol. The second-order valence-corrected chi connectivity index (χ2v) is 4.65. The van der Waals surface area contributed by atoms with Crippen molar-refractivity contribution in [3.05, 3.63) is 35.4 Å². The Labute approximate surface area is 94.1 Å². The minimum atomic E-state index is -1.31. The van der Waals surface area contributed by atoms with E-state index in [1.165, 1.54) is 18.2 Å². The lowest BCUT2D eigenvalue weighted by Gasteiger charge is -2.24. The first-order valence-electron chi connectivity index (χ1n) is 5.73. The Bertz CT molecular complexity index is 371. The summed E-state index contributed by atoms with van der Waals surface area (Å²) in [6.45, 7) is 2.04. The lowest BCUT2D eigenvalue weighted by Crippen LogP contribution is -2.25. The van der Waals surface area contributed by atoms with Gasteiger partial charge in [-0.15, -0.1) is 0 Å². The normalized spacial score (nSPS) is 29.6. The van der Waals surface area contributed by atoms with Crippen molar-refractivity contribution in [1.82, 2.24) is 0 Å². The zero-order chi connectivity index (χ0) is 11.8. The molecule has 1 aromatic carbocycles. The number of hydrogen-bond donors (Lipinski definition) is 1. The molecule has 1 N–H and O–H groups in total. The first kappa shape index (κ1) is 11.5. The van der Waals surface area contributed by atoms with E-state index in [2.05, 4.69) is 0 Å². The van der Waals surface area contributed by atoms with Gasteiger partial charge in [0.15, 0.2) is 0 Å². The standard InChI is InChI=1S/C13H16F2O/c1-2-9-6-7-13(16,8-9)12-10(14)4-3-5-11(12)15/h3-5,9,16H,2,6-8H2,1H3. The van der Waals surface area contributed by atoms with Crippen LogP contribution in [-0.4, -0.2) is 5.11 Å². The van der Waals surface area contributed by atoms with E-state index in [9.17, 15) is 13.9 Å². The summed E-state index contributed by atoms with van der Waals surface area (Å²) >= 11 is 0. The van der Waals surface area contributed by atoms with E-state index in [1.54, 1.807) is 0 Å². The van der Waals surface area contributed by atoms with Crippen molar-refractivity contribution in [2.24, 2.45) is 5.92 Å². The predicted octanol–water partition coefficient (Wildman–Crippen LogP) is 3.36. The molecule has 0 saturated heterocycles. The minimum absolute atomic E-state index is 0.147. The first-order chi connectivity index (χ1) is 7.57. The molecule has 88 valence electrons. The van der Waals surface area contributed by atoms with Gasteiger partial charge in [0, 0.05) is 0 Å². The van der Waals surface area contributed by atoms with Crippen LogP contribution in [0.5, 0.6) is 0 Å². The lowest BCUT2D eigenvalue weighted by atomic mass is 9.90. The van der Waals surface area contributed by atoms with Crippen molar-refractivity contribution in [3.63, 3.8) is 0 Å². The van der Waals surface area contributed by atoms with Gasteiger partial charge in [-0.3, -0.25) is 0 Å². The Morgan fingerprint density at radius 2 is 2.00 bits per heavy atom. The van der Waals surface area contributed by atoms with E-state index < -0.39 is 17.2 Å². The van der Waals surface area contributed by atoms with Crippen LogP contribution in [0, 0.1) is 17.6 Å². The molecule has 2 unspecified atom stereocenters. The van der Waals surface area contributed by atoms with E-state index in [0.717, 1.165) is 12.8 Å². The monoisotopic (exact) mass is 226 g/mol. The van der Waals surface area contributed by atoms with Gasteiger partial charge < -0.3 is 5.11 Å². The second-order valence-electron chi connectivity index (χ2n) is 4.65. The highest BCUT2D eigenvalue weighted by Crippen LogP contribution is 2.44. The molecule has 2 rings (SSSR count). The van der Waals surface area contributed by atoms with Gasteiger partial charge in [0.05, 0.1) is 11.2 Å². The van der Waals surface area contributed by atoms with E-state index in [-0.39, 0.29) is 5.56 Å². The molecule has 0 radical (unpaired) electrons. The summed E-state index contributed by atoms with van der Waals surface area (Å²) in [5.74, 6) is -0.914. The van der Waals surface area contributed by atoms with Crippen molar-refractivity contribution < 1.29 is 13.9 Å². The van der Waals surface area contributed by atoms with Crippen molar-refractivity contribution in [2.45, 2.75) is 38.2 Å². The summed E-state index contributed by atoms with van der Waals surface area (Å²) in [6, 6.07) is 3.73. The van der Waals surface area contributed by atoms with E-state index in [0.29, 0.717) is 18.8 Å². The number of aliphatic hydroxyl groups is 1. The number of halogens is 2. The molecule has 1 nitrogen and oxygen atoms in total. The number of hydrogen-bond acceptors (Lipinski definition) is 1. The maximum atomic E-state index is 13.6. The van der Waals surface area contributed by atoms with Crippen LogP contribution in [0.4, 0.5) is 8.78 Å². The minimum Gasteiger partial charge on any atom is -0.385 e. The molecule has 1 aliphatic rings. The first-order valence-corrected chi connectivity index (χ1v) is 5.73. The van der Waals surface area contributed by atoms with Crippen LogP contribution in [0.25, 0.3) is 0 Å². The van der Waals surface area contributed by atoms with Gasteiger partial charge in [-0.2, -0.15) is 0 Å². The molecule has 0 spiro atoms. The van der Waals surface area contributed by atoms with Crippen LogP contribution in [0.3, 0.4) is 0 Å². The van der Waals surface area contributed by atoms with Gasteiger partial charge in [-0.05, 0) is 37.3 Å². The zero-order valence-electron chi connectivity index (χ0n) is 9.34. The third-order valence-electron chi connectivity index (χ3n) is 3.60. The molecule has 1 aromatic rings. The summed E-state index contributed by atoms with van der Waals surface area (Å²) in [6.07, 6.45) is 2.68. The summed E-state index contributed by atoms with van der Waals surface area (Å²) < 4.78 is 27.2. The van der Waals surface area contributed by atoms with Crippen molar-refractivity contribution in [2.75, 3.05) is 0 Å². The molecule has 0 aromatic heterocycles. The van der Waals surface area contributed by atoms with Crippen LogP contribution in [0.1, 0.15) is 38.2 Å². The van der Waals surface area contributed by atoms with Crippen LogP contribution in [0.15, 0.2) is 18.2 Å². The van der Waals surface area contributed by atoms with Crippen molar-refractivity contribution in [3.8, 4) is 0 Å². The Balaban J connectivity index is 2.37. The molecule has 0 amide bonds. The topological polar surface area (TPSA) is 20.2 Å². The van der Waals surface area contributed by atoms with Gasteiger partial charge in [0.2, 0.25) is 0 Å². The Morgan fingerprint density at radius 1 is 1.38 bits per heavy atom. The van der Waals surface area contributed by atoms with Gasteiger partial charge >= 0.3 is 0 Å². The summed E-state index contributed by atoms with van der Waals surface area (Å²) in [7, 11) is 0. The average molecular weight is 226 g/mol. The SMILES string of the molecule is CCC1CCC(O)(c2c(F)cccc2F)C1. The molecule has 1 fully saturated rings. The molecule has 0 heterocycles. The molecule has 1 saturated carbocycles. The van der Waals surface area contributed by atoms with Gasteiger partial charge in [0.25, 0.3) is 0 Å². The highest BCUT2D eigenvalue weighted by molar-refractivity contribution is 5.27. The fraction of sp³-hybridized carbons (Fsp3) is 0.538. The molecular formula is C13H16F2O. The summed E-state index contributed by atoms with van der Waals surface area (Å²) in [4.78, 5) is 0. The largest absolute Gasteiger partial charge is 0.385 e. The molecule has 2 atom stereocenters. The average Bonchev–Trinajstić information content (AvgIpc) is 2.61. The summed E-state index contributed by atoms with van der Waals surface area (Å²) in [5, 5.41) is 10.3. The van der Waals surface area contributed by atoms with E-state index in [1.807, 2.05) is 6.92 Å². The molecule has 0 aliphatic heterocycles. The Kier molecular flexibility index (Phi) is 2.98.